The number of rotatable bonds is 6. The first-order chi connectivity index (χ1) is 8.29. The Morgan fingerprint density at radius 1 is 1.53 bits per heavy atom. The molecule has 0 fully saturated rings. The molecule has 0 aromatic carbocycles. The molecule has 0 aliphatic rings. The monoisotopic (exact) mass is 238 g/mol. The fourth-order valence-corrected chi connectivity index (χ4v) is 1.33. The summed E-state index contributed by atoms with van der Waals surface area (Å²) >= 11 is 0. The Morgan fingerprint density at radius 2 is 2.41 bits per heavy atom. The largest absolute Gasteiger partial charge is 0.394 e. The molecule has 2 aromatic rings. The maximum Gasteiger partial charge on any atom is 0.191 e. The number of aliphatic hydroxyl groups excluding tert-OH is 1. The van der Waals surface area contributed by atoms with Crippen LogP contribution in [-0.2, 0) is 13.1 Å². The summed E-state index contributed by atoms with van der Waals surface area (Å²) in [7, 11) is 0. The predicted octanol–water partition coefficient (Wildman–Crippen LogP) is -1.37. The maximum absolute atomic E-state index is 8.74. The molecule has 0 spiro atoms. The van der Waals surface area contributed by atoms with Gasteiger partial charge in [-0.05, 0) is 6.92 Å². The lowest BCUT2D eigenvalue weighted by Crippen LogP contribution is -2.19. The van der Waals surface area contributed by atoms with Gasteiger partial charge in [-0.1, -0.05) is 10.4 Å². The van der Waals surface area contributed by atoms with Gasteiger partial charge in [0, 0.05) is 12.7 Å². The van der Waals surface area contributed by atoms with Crippen molar-refractivity contribution in [1.29, 1.82) is 0 Å². The van der Waals surface area contributed by atoms with Crippen LogP contribution < -0.4 is 5.32 Å². The number of nitrogens with zero attached hydrogens (tertiary/aromatic N) is 6. The van der Waals surface area contributed by atoms with Gasteiger partial charge in [0.25, 0.3) is 0 Å². The summed E-state index contributed by atoms with van der Waals surface area (Å²) in [6.07, 6.45) is 1.78. The SMILES string of the molecule is CC(NCc1cn(CCO)nn1)c1nn[nH]n1. The number of hydrogen-bond donors (Lipinski definition) is 3. The summed E-state index contributed by atoms with van der Waals surface area (Å²) in [6, 6.07) is -0.0169. The zero-order valence-corrected chi connectivity index (χ0v) is 9.41. The second-order valence-electron chi connectivity index (χ2n) is 3.57. The van der Waals surface area contributed by atoms with Gasteiger partial charge >= 0.3 is 0 Å². The van der Waals surface area contributed by atoms with Gasteiger partial charge in [0.2, 0.25) is 0 Å². The molecular formula is C8H14N8O. The third-order valence-electron chi connectivity index (χ3n) is 2.25. The average Bonchev–Trinajstić information content (AvgIpc) is 2.97. The van der Waals surface area contributed by atoms with Crippen molar-refractivity contribution in [3.05, 3.63) is 17.7 Å². The highest BCUT2D eigenvalue weighted by Gasteiger charge is 2.10. The summed E-state index contributed by atoms with van der Waals surface area (Å²) in [5.41, 5.74) is 0.800. The lowest BCUT2D eigenvalue weighted by molar-refractivity contribution is 0.268. The Labute approximate surface area is 97.2 Å². The minimum atomic E-state index is -0.0169. The van der Waals surface area contributed by atoms with Gasteiger partial charge in [-0.25, -0.2) is 4.68 Å². The zero-order chi connectivity index (χ0) is 12.1. The summed E-state index contributed by atoms with van der Waals surface area (Å²) in [4.78, 5) is 0. The first-order valence-corrected chi connectivity index (χ1v) is 5.26. The van der Waals surface area contributed by atoms with Crippen LogP contribution in [0.5, 0.6) is 0 Å². The molecule has 0 aliphatic carbocycles. The Morgan fingerprint density at radius 3 is 3.12 bits per heavy atom. The molecule has 9 nitrogen and oxygen atoms in total. The molecule has 0 aliphatic heterocycles. The van der Waals surface area contributed by atoms with E-state index in [0.29, 0.717) is 18.9 Å². The van der Waals surface area contributed by atoms with Gasteiger partial charge in [0.15, 0.2) is 5.82 Å². The van der Waals surface area contributed by atoms with Crippen LogP contribution >= 0.6 is 0 Å². The third kappa shape index (κ3) is 3.04. The minimum absolute atomic E-state index is 0.0169. The highest BCUT2D eigenvalue weighted by molar-refractivity contribution is 4.94. The molecule has 1 unspecified atom stereocenters. The van der Waals surface area contributed by atoms with Crippen LogP contribution in [-0.4, -0.2) is 47.3 Å². The summed E-state index contributed by atoms with van der Waals surface area (Å²) in [5, 5.41) is 33.4. The predicted molar refractivity (Wildman–Crippen MR) is 56.5 cm³/mol. The van der Waals surface area contributed by atoms with Crippen LogP contribution in [0, 0.1) is 0 Å². The standard InChI is InChI=1S/C8H14N8O/c1-6(8-11-13-14-12-8)9-4-7-5-16(2-3-17)15-10-7/h5-6,9,17H,2-4H2,1H3,(H,11,12,13,14). The van der Waals surface area contributed by atoms with Crippen LogP contribution in [0.15, 0.2) is 6.20 Å². The molecule has 0 radical (unpaired) electrons. The maximum atomic E-state index is 8.74. The molecule has 9 heteroatoms. The second-order valence-corrected chi connectivity index (χ2v) is 3.57. The summed E-state index contributed by atoms with van der Waals surface area (Å²) in [5.74, 6) is 0.604. The minimum Gasteiger partial charge on any atom is -0.394 e. The van der Waals surface area contributed by atoms with E-state index < -0.39 is 0 Å². The van der Waals surface area contributed by atoms with Crippen LogP contribution in [0.1, 0.15) is 24.5 Å². The van der Waals surface area contributed by atoms with Crippen molar-refractivity contribution < 1.29 is 5.11 Å². The highest BCUT2D eigenvalue weighted by atomic mass is 16.3. The van der Waals surface area contributed by atoms with Crippen molar-refractivity contribution in [1.82, 2.24) is 40.9 Å². The average molecular weight is 238 g/mol. The van der Waals surface area contributed by atoms with Gasteiger partial charge in [-0.3, -0.25) is 0 Å². The number of aromatic nitrogens is 7. The van der Waals surface area contributed by atoms with Crippen molar-refractivity contribution >= 4 is 0 Å². The number of nitrogens with one attached hydrogen (secondary N) is 2. The molecule has 0 saturated carbocycles. The normalized spacial score (nSPS) is 12.8. The van der Waals surface area contributed by atoms with E-state index in [0.717, 1.165) is 5.69 Å². The second kappa shape index (κ2) is 5.46. The van der Waals surface area contributed by atoms with Crippen molar-refractivity contribution in [2.45, 2.75) is 26.1 Å². The van der Waals surface area contributed by atoms with Gasteiger partial charge in [-0.15, -0.1) is 15.3 Å². The van der Waals surface area contributed by atoms with E-state index in [-0.39, 0.29) is 12.6 Å². The highest BCUT2D eigenvalue weighted by Crippen LogP contribution is 2.04. The summed E-state index contributed by atoms with van der Waals surface area (Å²) in [6.45, 7) is 2.99. The Balaban J connectivity index is 1.84. The smallest absolute Gasteiger partial charge is 0.191 e. The summed E-state index contributed by atoms with van der Waals surface area (Å²) < 4.78 is 1.59. The number of aliphatic hydroxyl groups is 1. The number of hydrogen-bond acceptors (Lipinski definition) is 7. The van der Waals surface area contributed by atoms with E-state index in [1.807, 2.05) is 6.92 Å². The quantitative estimate of drug-likeness (QED) is 0.568. The molecule has 1 atom stereocenters. The van der Waals surface area contributed by atoms with Crippen molar-refractivity contribution in [2.75, 3.05) is 6.61 Å². The van der Waals surface area contributed by atoms with Crippen LogP contribution in [0.3, 0.4) is 0 Å². The molecule has 17 heavy (non-hydrogen) atoms. The fourth-order valence-electron chi connectivity index (χ4n) is 1.33. The van der Waals surface area contributed by atoms with Crippen molar-refractivity contribution in [3.8, 4) is 0 Å². The molecule has 0 saturated heterocycles. The van der Waals surface area contributed by atoms with Gasteiger partial charge < -0.3 is 10.4 Å². The Hall–Kier alpha value is -1.87. The van der Waals surface area contributed by atoms with E-state index in [4.69, 9.17) is 5.11 Å². The molecule has 2 aromatic heterocycles. The Kier molecular flexibility index (Phi) is 3.73. The molecular weight excluding hydrogens is 224 g/mol. The number of H-pyrrole nitrogens is 1. The third-order valence-corrected chi connectivity index (χ3v) is 2.25. The molecule has 92 valence electrons. The lowest BCUT2D eigenvalue weighted by Gasteiger charge is -2.06. The van der Waals surface area contributed by atoms with Crippen molar-refractivity contribution in [2.24, 2.45) is 0 Å². The molecule has 3 N–H and O–H groups in total. The fraction of sp³-hybridized carbons (Fsp3) is 0.625. The lowest BCUT2D eigenvalue weighted by atomic mass is 10.3. The van der Waals surface area contributed by atoms with E-state index in [9.17, 15) is 0 Å². The molecule has 2 rings (SSSR count). The number of aromatic amines is 1. The molecule has 0 amide bonds. The van der Waals surface area contributed by atoms with E-state index in [1.165, 1.54) is 0 Å². The van der Waals surface area contributed by atoms with Crippen LogP contribution in [0.2, 0.25) is 0 Å². The topological polar surface area (TPSA) is 117 Å². The van der Waals surface area contributed by atoms with Gasteiger partial charge in [0.1, 0.15) is 0 Å². The zero-order valence-electron chi connectivity index (χ0n) is 9.41. The van der Waals surface area contributed by atoms with E-state index >= 15 is 0 Å². The van der Waals surface area contributed by atoms with Gasteiger partial charge in [-0.2, -0.15) is 5.21 Å². The number of tetrazole rings is 1. The molecule has 2 heterocycles. The van der Waals surface area contributed by atoms with E-state index in [1.54, 1.807) is 10.9 Å². The van der Waals surface area contributed by atoms with Crippen LogP contribution in [0.25, 0.3) is 0 Å². The Bertz CT molecular complexity index is 438. The van der Waals surface area contributed by atoms with Crippen molar-refractivity contribution in [3.63, 3.8) is 0 Å². The van der Waals surface area contributed by atoms with Crippen LogP contribution in [0.4, 0.5) is 0 Å². The van der Waals surface area contributed by atoms with E-state index in [2.05, 4.69) is 36.3 Å². The molecule has 0 bridgehead atoms. The van der Waals surface area contributed by atoms with Gasteiger partial charge in [0.05, 0.1) is 24.9 Å². The first kappa shape index (κ1) is 11.6. The first-order valence-electron chi connectivity index (χ1n) is 5.26.